The highest BCUT2D eigenvalue weighted by molar-refractivity contribution is 5.83. The van der Waals surface area contributed by atoms with Crippen LogP contribution < -0.4 is 10.9 Å². The van der Waals surface area contributed by atoms with Gasteiger partial charge in [0.05, 0.1) is 0 Å². The van der Waals surface area contributed by atoms with Crippen LogP contribution in [-0.2, 0) is 19.6 Å². The van der Waals surface area contributed by atoms with Gasteiger partial charge in [-0.2, -0.15) is 0 Å². The third-order valence-electron chi connectivity index (χ3n) is 3.75. The third kappa shape index (κ3) is 2.76. The van der Waals surface area contributed by atoms with Gasteiger partial charge in [0, 0.05) is 49.0 Å². The number of nitrogens with one attached hydrogen (secondary N) is 1. The Labute approximate surface area is 123 Å². The molecule has 4 nitrogen and oxygen atoms in total. The van der Waals surface area contributed by atoms with Gasteiger partial charge in [0.25, 0.3) is 5.56 Å². The first kappa shape index (κ1) is 13.6. The van der Waals surface area contributed by atoms with Crippen LogP contribution in [0.1, 0.15) is 5.56 Å². The minimum Gasteiger partial charge on any atom is -0.346 e. The summed E-state index contributed by atoms with van der Waals surface area (Å²) in [5, 5.41) is 4.47. The molecule has 0 aliphatic carbocycles. The first-order chi connectivity index (χ1) is 10.3. The quantitative estimate of drug-likeness (QED) is 0.779. The molecular formula is C17H19N3O. The van der Waals surface area contributed by atoms with Gasteiger partial charge >= 0.3 is 0 Å². The van der Waals surface area contributed by atoms with Crippen molar-refractivity contribution in [3.05, 3.63) is 70.8 Å². The van der Waals surface area contributed by atoms with Gasteiger partial charge in [0.1, 0.15) is 0 Å². The molecule has 0 bridgehead atoms. The largest absolute Gasteiger partial charge is 0.346 e. The van der Waals surface area contributed by atoms with Crippen LogP contribution in [0.2, 0.25) is 0 Å². The minimum atomic E-state index is 0.0461. The number of nitrogens with zero attached hydrogens (tertiary/aromatic N) is 2. The average Bonchev–Trinajstić information content (AvgIpc) is 2.91. The number of hydrogen-bond acceptors (Lipinski definition) is 2. The van der Waals surface area contributed by atoms with E-state index >= 15 is 0 Å². The second kappa shape index (κ2) is 5.97. The maximum absolute atomic E-state index is 11.7. The molecule has 0 fully saturated rings. The molecule has 0 saturated carbocycles. The van der Waals surface area contributed by atoms with Crippen molar-refractivity contribution in [3.8, 4) is 0 Å². The normalized spacial score (nSPS) is 11.1. The molecule has 0 radical (unpaired) electrons. The Hall–Kier alpha value is -2.33. The Morgan fingerprint density at radius 2 is 1.81 bits per heavy atom. The number of aryl methyl sites for hydroxylation is 2. The fourth-order valence-electron chi connectivity index (χ4n) is 2.69. The maximum Gasteiger partial charge on any atom is 0.250 e. The molecule has 2 aromatic heterocycles. The highest BCUT2D eigenvalue weighted by Crippen LogP contribution is 2.20. The number of hydrogen-bond donors (Lipinski definition) is 1. The summed E-state index contributed by atoms with van der Waals surface area (Å²) in [4.78, 5) is 11.7. The van der Waals surface area contributed by atoms with Crippen LogP contribution in [0.3, 0.4) is 0 Å². The number of fused-ring (bicyclic) bond motifs is 1. The molecule has 0 unspecified atom stereocenters. The fraction of sp³-hybridized carbons (Fsp3) is 0.235. The van der Waals surface area contributed by atoms with Crippen molar-refractivity contribution < 1.29 is 0 Å². The zero-order valence-corrected chi connectivity index (χ0v) is 12.1. The van der Waals surface area contributed by atoms with Crippen molar-refractivity contribution in [2.75, 3.05) is 7.05 Å². The highest BCUT2D eigenvalue weighted by Gasteiger charge is 2.05. The summed E-state index contributed by atoms with van der Waals surface area (Å²) in [5.41, 5.74) is 2.56. The Kier molecular flexibility index (Phi) is 3.88. The van der Waals surface area contributed by atoms with Gasteiger partial charge in [-0.15, -0.1) is 0 Å². The summed E-state index contributed by atoms with van der Waals surface area (Å²) in [6.45, 7) is 2.33. The molecular weight excluding hydrogens is 262 g/mol. The van der Waals surface area contributed by atoms with Crippen LogP contribution in [0.5, 0.6) is 0 Å². The van der Waals surface area contributed by atoms with Gasteiger partial charge in [0.15, 0.2) is 0 Å². The van der Waals surface area contributed by atoms with E-state index in [2.05, 4.69) is 40.3 Å². The molecule has 0 saturated heterocycles. The van der Waals surface area contributed by atoms with Crippen LogP contribution in [0, 0.1) is 0 Å². The van der Waals surface area contributed by atoms with E-state index in [9.17, 15) is 4.79 Å². The van der Waals surface area contributed by atoms with Crippen molar-refractivity contribution in [2.24, 2.45) is 0 Å². The lowest BCUT2D eigenvalue weighted by Gasteiger charge is -2.09. The van der Waals surface area contributed by atoms with Gasteiger partial charge in [0.2, 0.25) is 0 Å². The van der Waals surface area contributed by atoms with Gasteiger partial charge < -0.3 is 14.5 Å². The molecule has 0 spiro atoms. The minimum absolute atomic E-state index is 0.0461. The molecule has 0 aliphatic rings. The second-order valence-electron chi connectivity index (χ2n) is 5.12. The summed E-state index contributed by atoms with van der Waals surface area (Å²) in [6, 6.07) is 13.8. The van der Waals surface area contributed by atoms with Crippen LogP contribution in [-0.4, -0.2) is 16.2 Å². The standard InChI is InChI=1S/C17H19N3O/c1-18-13-14-5-4-6-16-15(14)8-10-19(16)11-12-20-9-3-2-7-17(20)21/h2-10,18H,11-13H2,1H3. The van der Waals surface area contributed by atoms with E-state index in [0.717, 1.165) is 13.1 Å². The van der Waals surface area contributed by atoms with Gasteiger partial charge in [-0.3, -0.25) is 4.79 Å². The fourth-order valence-corrected chi connectivity index (χ4v) is 2.69. The van der Waals surface area contributed by atoms with Crippen molar-refractivity contribution in [1.29, 1.82) is 0 Å². The van der Waals surface area contributed by atoms with E-state index in [-0.39, 0.29) is 5.56 Å². The molecule has 108 valence electrons. The van der Waals surface area contributed by atoms with Crippen LogP contribution in [0.15, 0.2) is 59.7 Å². The molecule has 1 N–H and O–H groups in total. The molecule has 3 aromatic rings. The lowest BCUT2D eigenvalue weighted by molar-refractivity contribution is 0.577. The number of pyridine rings is 1. The predicted octanol–water partition coefficient (Wildman–Crippen LogP) is 2.22. The topological polar surface area (TPSA) is 39.0 Å². The van der Waals surface area contributed by atoms with E-state index in [4.69, 9.17) is 0 Å². The Bertz CT molecular complexity index is 801. The van der Waals surface area contributed by atoms with Crippen molar-refractivity contribution in [3.63, 3.8) is 0 Å². The summed E-state index contributed by atoms with van der Waals surface area (Å²) in [7, 11) is 1.96. The van der Waals surface area contributed by atoms with E-state index in [1.807, 2.05) is 19.3 Å². The van der Waals surface area contributed by atoms with E-state index in [0.29, 0.717) is 6.54 Å². The third-order valence-corrected chi connectivity index (χ3v) is 3.75. The predicted molar refractivity (Wildman–Crippen MR) is 85.4 cm³/mol. The van der Waals surface area contributed by atoms with Crippen molar-refractivity contribution in [1.82, 2.24) is 14.5 Å². The average molecular weight is 281 g/mol. The number of benzene rings is 1. The Morgan fingerprint density at radius 3 is 2.62 bits per heavy atom. The molecule has 0 aliphatic heterocycles. The monoisotopic (exact) mass is 281 g/mol. The lowest BCUT2D eigenvalue weighted by atomic mass is 10.1. The van der Waals surface area contributed by atoms with Crippen LogP contribution in [0.25, 0.3) is 10.9 Å². The smallest absolute Gasteiger partial charge is 0.250 e. The van der Waals surface area contributed by atoms with Crippen molar-refractivity contribution in [2.45, 2.75) is 19.6 Å². The van der Waals surface area contributed by atoms with Gasteiger partial charge in [-0.25, -0.2) is 0 Å². The lowest BCUT2D eigenvalue weighted by Crippen LogP contribution is -2.20. The molecule has 4 heteroatoms. The van der Waals surface area contributed by atoms with E-state index < -0.39 is 0 Å². The first-order valence-electron chi connectivity index (χ1n) is 7.16. The number of aromatic nitrogens is 2. The highest BCUT2D eigenvalue weighted by atomic mass is 16.1. The summed E-state index contributed by atoms with van der Waals surface area (Å²) < 4.78 is 3.94. The van der Waals surface area contributed by atoms with Gasteiger partial charge in [-0.1, -0.05) is 18.2 Å². The van der Waals surface area contributed by atoms with Crippen molar-refractivity contribution >= 4 is 10.9 Å². The summed E-state index contributed by atoms with van der Waals surface area (Å²) in [5.74, 6) is 0. The zero-order chi connectivity index (χ0) is 14.7. The van der Waals surface area contributed by atoms with E-state index in [1.165, 1.54) is 16.5 Å². The van der Waals surface area contributed by atoms with Crippen LogP contribution in [0.4, 0.5) is 0 Å². The summed E-state index contributed by atoms with van der Waals surface area (Å²) >= 11 is 0. The second-order valence-corrected chi connectivity index (χ2v) is 5.12. The van der Waals surface area contributed by atoms with E-state index in [1.54, 1.807) is 16.7 Å². The SMILES string of the molecule is CNCc1cccc2c1ccn2CCn1ccccc1=O. The Morgan fingerprint density at radius 1 is 0.952 bits per heavy atom. The van der Waals surface area contributed by atoms with Gasteiger partial charge in [-0.05, 0) is 30.8 Å². The Balaban J connectivity index is 1.87. The molecule has 0 amide bonds. The summed E-state index contributed by atoms with van der Waals surface area (Å²) in [6.07, 6.45) is 3.93. The zero-order valence-electron chi connectivity index (χ0n) is 12.1. The van der Waals surface area contributed by atoms with Crippen LogP contribution >= 0.6 is 0 Å². The molecule has 2 heterocycles. The molecule has 0 atom stereocenters. The molecule has 1 aromatic carbocycles. The number of rotatable bonds is 5. The first-order valence-corrected chi connectivity index (χ1v) is 7.16. The molecule has 3 rings (SSSR count). The maximum atomic E-state index is 11.7. The molecule has 21 heavy (non-hydrogen) atoms.